The maximum absolute atomic E-state index is 12.8. The molecular formula is C24H24ClN5O5. The number of amides is 4. The lowest BCUT2D eigenvalue weighted by molar-refractivity contribution is -0.109. The number of halogens is 1. The third-order valence-corrected chi connectivity index (χ3v) is 6.82. The molecule has 1 aromatic heterocycles. The minimum absolute atomic E-state index is 0.0270. The summed E-state index contributed by atoms with van der Waals surface area (Å²) in [4.78, 5) is 54.5. The van der Waals surface area contributed by atoms with Crippen molar-refractivity contribution in [3.63, 3.8) is 0 Å². The molecule has 0 saturated carbocycles. The van der Waals surface area contributed by atoms with Gasteiger partial charge in [-0.3, -0.25) is 4.98 Å². The van der Waals surface area contributed by atoms with Gasteiger partial charge in [0, 0.05) is 31.4 Å². The van der Waals surface area contributed by atoms with Crippen LogP contribution < -0.4 is 16.4 Å². The number of likely N-dealkylation sites (tertiary alicyclic amines) is 1. The van der Waals surface area contributed by atoms with Gasteiger partial charge in [-0.05, 0) is 48.6 Å². The van der Waals surface area contributed by atoms with Crippen LogP contribution in [-0.4, -0.2) is 58.3 Å². The Labute approximate surface area is 205 Å². The zero-order valence-corrected chi connectivity index (χ0v) is 19.5. The summed E-state index contributed by atoms with van der Waals surface area (Å²) < 4.78 is 5.06. The summed E-state index contributed by atoms with van der Waals surface area (Å²) in [5, 5.41) is 5.99. The molecule has 3 heterocycles. The number of H-pyrrole nitrogens is 1. The predicted molar refractivity (Wildman–Crippen MR) is 130 cm³/mol. The van der Waals surface area contributed by atoms with Gasteiger partial charge in [0.25, 0.3) is 0 Å². The molecule has 3 N–H and O–H groups in total. The van der Waals surface area contributed by atoms with Crippen molar-refractivity contribution >= 4 is 46.7 Å². The maximum Gasteiger partial charge on any atom is 0.417 e. The Balaban J connectivity index is 1.17. The van der Waals surface area contributed by atoms with Crippen LogP contribution in [-0.2, 0) is 17.8 Å². The number of piperidine rings is 1. The van der Waals surface area contributed by atoms with Crippen LogP contribution in [0, 0.1) is 0 Å². The fourth-order valence-corrected chi connectivity index (χ4v) is 5.00. The molecule has 1 saturated heterocycles. The van der Waals surface area contributed by atoms with Gasteiger partial charge in [-0.25, -0.2) is 14.4 Å². The minimum atomic E-state index is -0.774. The first kappa shape index (κ1) is 23.0. The number of oxazole rings is 1. The van der Waals surface area contributed by atoms with E-state index in [1.54, 1.807) is 17.0 Å². The number of fused-ring (bicyclic) bond motifs is 2. The lowest BCUT2D eigenvalue weighted by Gasteiger charge is -2.40. The molecule has 5 rings (SSSR count). The van der Waals surface area contributed by atoms with E-state index in [-0.39, 0.29) is 24.5 Å². The second kappa shape index (κ2) is 9.46. The Morgan fingerprint density at radius 1 is 1.23 bits per heavy atom. The fraction of sp³-hybridized carbons (Fsp3) is 0.333. The Hall–Kier alpha value is -3.79. The van der Waals surface area contributed by atoms with E-state index >= 15 is 0 Å². The molecule has 1 fully saturated rings. The molecule has 1 atom stereocenters. The number of rotatable bonds is 5. The van der Waals surface area contributed by atoms with Gasteiger partial charge in [-0.2, -0.15) is 0 Å². The van der Waals surface area contributed by atoms with E-state index < -0.39 is 11.8 Å². The summed E-state index contributed by atoms with van der Waals surface area (Å²) in [6.45, 7) is 1.49. The quantitative estimate of drug-likeness (QED) is 0.467. The Kier molecular flexibility index (Phi) is 6.21. The van der Waals surface area contributed by atoms with Crippen LogP contribution in [0.25, 0.3) is 11.1 Å². The van der Waals surface area contributed by atoms with Crippen molar-refractivity contribution in [1.82, 2.24) is 20.1 Å². The average Bonchev–Trinajstić information content (AvgIpc) is 3.24. The first-order valence-corrected chi connectivity index (χ1v) is 11.8. The second-order valence-corrected chi connectivity index (χ2v) is 9.20. The van der Waals surface area contributed by atoms with Crippen molar-refractivity contribution in [2.45, 2.75) is 37.9 Å². The number of nitrogens with zero attached hydrogens (tertiary/aromatic N) is 2. The molecule has 10 nitrogen and oxygen atoms in total. The summed E-state index contributed by atoms with van der Waals surface area (Å²) in [6, 6.07) is 9.77. The van der Waals surface area contributed by atoms with E-state index in [2.05, 4.69) is 15.6 Å². The van der Waals surface area contributed by atoms with Crippen molar-refractivity contribution in [1.29, 1.82) is 0 Å². The smallest absolute Gasteiger partial charge is 0.408 e. The molecule has 4 amide bonds. The minimum Gasteiger partial charge on any atom is -0.408 e. The number of carbonyl (C=O) groups excluding carboxylic acids is 3. The van der Waals surface area contributed by atoms with Gasteiger partial charge in [0.05, 0.1) is 11.1 Å². The number of benzene rings is 2. The first-order chi connectivity index (χ1) is 16.9. The van der Waals surface area contributed by atoms with Gasteiger partial charge in [-0.15, -0.1) is 0 Å². The number of aldehydes is 1. The summed E-state index contributed by atoms with van der Waals surface area (Å²) in [6.07, 6.45) is 2.16. The predicted octanol–water partition coefficient (Wildman–Crippen LogP) is 3.11. The van der Waals surface area contributed by atoms with Crippen molar-refractivity contribution in [2.75, 3.05) is 18.4 Å². The van der Waals surface area contributed by atoms with Crippen molar-refractivity contribution in [3.8, 4) is 0 Å². The molecular weight excluding hydrogens is 474 g/mol. The summed E-state index contributed by atoms with van der Waals surface area (Å²) >= 11 is 6.20. The van der Waals surface area contributed by atoms with E-state index in [1.807, 2.05) is 29.2 Å². The molecule has 2 aliphatic rings. The van der Waals surface area contributed by atoms with Gasteiger partial charge in [-0.1, -0.05) is 29.8 Å². The van der Waals surface area contributed by atoms with Crippen molar-refractivity contribution < 1.29 is 18.8 Å². The monoisotopic (exact) mass is 497 g/mol. The number of aromatic nitrogens is 1. The zero-order valence-electron chi connectivity index (χ0n) is 18.8. The highest BCUT2D eigenvalue weighted by atomic mass is 35.5. The number of hydrogen-bond donors (Lipinski definition) is 3. The standard InChI is InChI=1S/C24H24ClN5O5/c25-18-10-14(11-20-21(18)28-24(34)35-20)9-16(13-31)26-22(32)29-7-5-17(6-8-29)30-12-15-3-1-2-4-19(15)27-23(30)33/h1-4,10-11,13,16-17H,5-9,12H2,(H,26,32)(H,27,33)(H,28,34). The van der Waals surface area contributed by atoms with E-state index in [4.69, 9.17) is 16.0 Å². The van der Waals surface area contributed by atoms with Gasteiger partial charge in [0.1, 0.15) is 11.8 Å². The van der Waals surface area contributed by atoms with Crippen LogP contribution in [0.2, 0.25) is 5.02 Å². The van der Waals surface area contributed by atoms with E-state index in [9.17, 15) is 19.2 Å². The average molecular weight is 498 g/mol. The molecule has 3 aromatic rings. The van der Waals surface area contributed by atoms with Gasteiger partial charge in [0.2, 0.25) is 0 Å². The van der Waals surface area contributed by atoms with Crippen LogP contribution in [0.5, 0.6) is 0 Å². The number of aromatic amines is 1. The highest BCUT2D eigenvalue weighted by Gasteiger charge is 2.33. The number of nitrogens with one attached hydrogen (secondary N) is 3. The molecule has 0 bridgehead atoms. The third-order valence-electron chi connectivity index (χ3n) is 6.53. The lowest BCUT2D eigenvalue weighted by atomic mass is 10.0. The van der Waals surface area contributed by atoms with Crippen LogP contribution >= 0.6 is 11.6 Å². The molecule has 2 aromatic carbocycles. The second-order valence-electron chi connectivity index (χ2n) is 8.79. The first-order valence-electron chi connectivity index (χ1n) is 11.4. The largest absolute Gasteiger partial charge is 0.417 e. The van der Waals surface area contributed by atoms with Crippen LogP contribution in [0.4, 0.5) is 15.3 Å². The number of anilines is 1. The summed E-state index contributed by atoms with van der Waals surface area (Å²) in [7, 11) is 0. The third kappa shape index (κ3) is 4.74. The van der Waals surface area contributed by atoms with E-state index in [1.165, 1.54) is 0 Å². The van der Waals surface area contributed by atoms with Gasteiger partial charge in [0.15, 0.2) is 5.58 Å². The van der Waals surface area contributed by atoms with Crippen LogP contribution in [0.3, 0.4) is 0 Å². The summed E-state index contributed by atoms with van der Waals surface area (Å²) in [5.41, 5.74) is 3.24. The lowest BCUT2D eigenvalue weighted by Crippen LogP contribution is -2.54. The molecule has 0 aliphatic carbocycles. The fourth-order valence-electron chi connectivity index (χ4n) is 4.72. The van der Waals surface area contributed by atoms with Gasteiger partial charge < -0.3 is 29.6 Å². The molecule has 0 spiro atoms. The maximum atomic E-state index is 12.8. The zero-order chi connectivity index (χ0) is 24.5. The van der Waals surface area contributed by atoms with Crippen molar-refractivity contribution in [3.05, 3.63) is 63.1 Å². The number of urea groups is 2. The number of para-hydroxylation sites is 1. The molecule has 1 unspecified atom stereocenters. The van der Waals surface area contributed by atoms with Crippen LogP contribution in [0.1, 0.15) is 24.0 Å². The van der Waals surface area contributed by atoms with Gasteiger partial charge >= 0.3 is 17.8 Å². The Bertz CT molecular complexity index is 1340. The van der Waals surface area contributed by atoms with E-state index in [0.29, 0.717) is 60.4 Å². The molecule has 182 valence electrons. The topological polar surface area (TPSA) is 128 Å². The highest BCUT2D eigenvalue weighted by Crippen LogP contribution is 2.28. The summed E-state index contributed by atoms with van der Waals surface area (Å²) in [5.74, 6) is -0.617. The number of carbonyl (C=O) groups is 3. The molecule has 0 radical (unpaired) electrons. The molecule has 11 heteroatoms. The molecule has 35 heavy (non-hydrogen) atoms. The highest BCUT2D eigenvalue weighted by molar-refractivity contribution is 6.34. The van der Waals surface area contributed by atoms with E-state index in [0.717, 1.165) is 11.3 Å². The Morgan fingerprint density at radius 2 is 2.00 bits per heavy atom. The van der Waals surface area contributed by atoms with Crippen LogP contribution in [0.15, 0.2) is 45.6 Å². The van der Waals surface area contributed by atoms with Crippen molar-refractivity contribution in [2.24, 2.45) is 0 Å². The number of hydrogen-bond acceptors (Lipinski definition) is 5. The normalized spacial score (nSPS) is 17.1. The molecule has 2 aliphatic heterocycles. The SMILES string of the molecule is O=CC(Cc1cc(Cl)c2[nH]c(=O)oc2c1)NC(=O)N1CCC(N2Cc3ccccc3NC2=O)CC1. The Morgan fingerprint density at radius 3 is 2.77 bits per heavy atom.